The van der Waals surface area contributed by atoms with Crippen molar-refractivity contribution in [2.75, 3.05) is 7.11 Å². The molecule has 0 saturated carbocycles. The molecule has 2 aromatic carbocycles. The molecule has 0 aromatic heterocycles. The topological polar surface area (TPSA) is 50.1 Å². The number of carbonyl (C=O) groups excluding carboxylic acids is 1. The first-order chi connectivity index (χ1) is 10.1. The zero-order valence-electron chi connectivity index (χ0n) is 11.1. The van der Waals surface area contributed by atoms with Crippen LogP contribution in [0.5, 0.6) is 5.75 Å². The van der Waals surface area contributed by atoms with Gasteiger partial charge in [0.25, 0.3) is 0 Å². The van der Waals surface area contributed by atoms with E-state index in [1.54, 1.807) is 18.2 Å². The second-order valence-corrected chi connectivity index (χ2v) is 4.71. The van der Waals surface area contributed by atoms with E-state index in [0.29, 0.717) is 5.75 Å². The Morgan fingerprint density at radius 2 is 2.05 bits per heavy atom. The first-order valence-corrected chi connectivity index (χ1v) is 6.48. The van der Waals surface area contributed by atoms with Crippen molar-refractivity contribution in [1.29, 1.82) is 5.26 Å². The Labute approximate surface area is 126 Å². The third-order valence-electron chi connectivity index (χ3n) is 3.04. The molecule has 5 heteroatoms. The molecule has 0 radical (unpaired) electrons. The molecule has 0 saturated heterocycles. The molecule has 3 nitrogen and oxygen atoms in total. The highest BCUT2D eigenvalue weighted by Crippen LogP contribution is 2.28. The van der Waals surface area contributed by atoms with E-state index in [9.17, 15) is 14.4 Å². The number of hydrogen-bond acceptors (Lipinski definition) is 3. The van der Waals surface area contributed by atoms with E-state index in [0.717, 1.165) is 0 Å². The molecule has 1 atom stereocenters. The van der Waals surface area contributed by atoms with Gasteiger partial charge in [-0.3, -0.25) is 4.79 Å². The lowest BCUT2D eigenvalue weighted by Gasteiger charge is -2.11. The van der Waals surface area contributed by atoms with Crippen molar-refractivity contribution in [3.05, 3.63) is 64.4 Å². The van der Waals surface area contributed by atoms with E-state index in [1.165, 1.54) is 31.4 Å². The lowest BCUT2D eigenvalue weighted by Crippen LogP contribution is -2.13. The van der Waals surface area contributed by atoms with Gasteiger partial charge in [-0.25, -0.2) is 4.39 Å². The van der Waals surface area contributed by atoms with Crippen molar-refractivity contribution in [1.82, 2.24) is 0 Å². The second-order valence-electron chi connectivity index (χ2n) is 4.30. The van der Waals surface area contributed by atoms with Crippen LogP contribution in [-0.2, 0) is 0 Å². The van der Waals surface area contributed by atoms with Crippen molar-refractivity contribution in [3.63, 3.8) is 0 Å². The molecule has 21 heavy (non-hydrogen) atoms. The predicted octanol–water partition coefficient (Wildman–Crippen LogP) is 3.98. The number of benzene rings is 2. The normalized spacial score (nSPS) is 11.5. The van der Waals surface area contributed by atoms with Crippen molar-refractivity contribution < 1.29 is 13.9 Å². The predicted molar refractivity (Wildman–Crippen MR) is 77.1 cm³/mol. The van der Waals surface area contributed by atoms with Gasteiger partial charge in [-0.2, -0.15) is 5.26 Å². The first-order valence-electron chi connectivity index (χ1n) is 6.10. The average molecular weight is 304 g/mol. The average Bonchev–Trinajstić information content (AvgIpc) is 2.52. The van der Waals surface area contributed by atoms with Crippen LogP contribution < -0.4 is 4.74 Å². The molecule has 0 heterocycles. The van der Waals surface area contributed by atoms with E-state index in [4.69, 9.17) is 16.3 Å². The lowest BCUT2D eigenvalue weighted by atomic mass is 9.91. The quantitative estimate of drug-likeness (QED) is 0.803. The van der Waals surface area contributed by atoms with Gasteiger partial charge in [0.1, 0.15) is 17.5 Å². The molecule has 0 aliphatic heterocycles. The van der Waals surface area contributed by atoms with Crippen LogP contribution in [0.2, 0.25) is 5.02 Å². The fraction of sp³-hybridized carbons (Fsp3) is 0.125. The lowest BCUT2D eigenvalue weighted by molar-refractivity contribution is 0.0977. The molecule has 0 fully saturated rings. The zero-order valence-corrected chi connectivity index (χ0v) is 11.9. The number of nitriles is 1. The van der Waals surface area contributed by atoms with Gasteiger partial charge in [0.2, 0.25) is 0 Å². The summed E-state index contributed by atoms with van der Waals surface area (Å²) < 4.78 is 19.0. The van der Waals surface area contributed by atoms with E-state index in [-0.39, 0.29) is 16.1 Å². The van der Waals surface area contributed by atoms with Gasteiger partial charge >= 0.3 is 0 Å². The van der Waals surface area contributed by atoms with Crippen LogP contribution in [0.4, 0.5) is 4.39 Å². The van der Waals surface area contributed by atoms with Gasteiger partial charge in [-0.05, 0) is 18.2 Å². The highest BCUT2D eigenvalue weighted by molar-refractivity contribution is 6.30. The van der Waals surface area contributed by atoms with E-state index < -0.39 is 17.5 Å². The summed E-state index contributed by atoms with van der Waals surface area (Å²) in [6.45, 7) is 0. The summed E-state index contributed by atoms with van der Waals surface area (Å²) in [5.41, 5.74) is 0.248. The molecular formula is C16H11ClFNO2. The van der Waals surface area contributed by atoms with Crippen LogP contribution in [0.1, 0.15) is 21.8 Å². The van der Waals surface area contributed by atoms with Crippen LogP contribution in [0, 0.1) is 17.1 Å². The summed E-state index contributed by atoms with van der Waals surface area (Å²) in [6, 6.07) is 12.5. The van der Waals surface area contributed by atoms with Gasteiger partial charge in [-0.15, -0.1) is 0 Å². The summed E-state index contributed by atoms with van der Waals surface area (Å²) in [5.74, 6) is -2.01. The summed E-state index contributed by atoms with van der Waals surface area (Å²) in [7, 11) is 1.47. The molecule has 0 bridgehead atoms. The molecule has 0 spiro atoms. The molecule has 1 unspecified atom stereocenters. The molecule has 106 valence electrons. The molecular weight excluding hydrogens is 293 g/mol. The minimum atomic E-state index is -1.25. The van der Waals surface area contributed by atoms with Crippen molar-refractivity contribution in [3.8, 4) is 11.8 Å². The maximum atomic E-state index is 14.0. The largest absolute Gasteiger partial charge is 0.497 e. The zero-order chi connectivity index (χ0) is 15.4. The molecule has 0 aliphatic rings. The third kappa shape index (κ3) is 3.04. The molecule has 0 amide bonds. The minimum Gasteiger partial charge on any atom is -0.497 e. The fourth-order valence-electron chi connectivity index (χ4n) is 1.96. The summed E-state index contributed by atoms with van der Waals surface area (Å²) >= 11 is 5.70. The highest BCUT2D eigenvalue weighted by Gasteiger charge is 2.25. The van der Waals surface area contributed by atoms with Crippen LogP contribution in [0.3, 0.4) is 0 Å². The molecule has 2 aromatic rings. The van der Waals surface area contributed by atoms with Crippen LogP contribution in [-0.4, -0.2) is 12.9 Å². The SMILES string of the molecule is COc1cccc(C(=O)C(C#N)c2cccc(Cl)c2F)c1. The fourth-order valence-corrected chi connectivity index (χ4v) is 2.14. The van der Waals surface area contributed by atoms with Crippen molar-refractivity contribution in [2.24, 2.45) is 0 Å². The summed E-state index contributed by atoms with van der Waals surface area (Å²) in [6.07, 6.45) is 0. The van der Waals surface area contributed by atoms with Gasteiger partial charge in [0.15, 0.2) is 5.78 Å². The Balaban J connectivity index is 2.44. The maximum absolute atomic E-state index is 14.0. The monoisotopic (exact) mass is 303 g/mol. The van der Waals surface area contributed by atoms with Gasteiger partial charge in [0, 0.05) is 11.1 Å². The van der Waals surface area contributed by atoms with Crippen molar-refractivity contribution >= 4 is 17.4 Å². The molecule has 2 rings (SSSR count). The number of nitrogens with zero attached hydrogens (tertiary/aromatic N) is 1. The van der Waals surface area contributed by atoms with Crippen molar-refractivity contribution in [2.45, 2.75) is 5.92 Å². The van der Waals surface area contributed by atoms with Gasteiger partial charge < -0.3 is 4.74 Å². The molecule has 0 N–H and O–H groups in total. The molecule has 0 aliphatic carbocycles. The third-order valence-corrected chi connectivity index (χ3v) is 3.33. The minimum absolute atomic E-state index is 0.0298. The Hall–Kier alpha value is -2.38. The maximum Gasteiger partial charge on any atom is 0.184 e. The summed E-state index contributed by atoms with van der Waals surface area (Å²) in [5, 5.41) is 9.12. The highest BCUT2D eigenvalue weighted by atomic mass is 35.5. The number of Topliss-reactive ketones (excluding diaryl/α,β-unsaturated/α-hetero) is 1. The standard InChI is InChI=1S/C16H11ClFNO2/c1-21-11-5-2-4-10(8-11)16(20)13(9-19)12-6-3-7-14(17)15(12)18/h2-8,13H,1H3. The summed E-state index contributed by atoms with van der Waals surface area (Å²) in [4.78, 5) is 12.4. The van der Waals surface area contributed by atoms with Crippen LogP contribution in [0.15, 0.2) is 42.5 Å². The Kier molecular flexibility index (Phi) is 4.56. The number of hydrogen-bond donors (Lipinski definition) is 0. The number of ketones is 1. The smallest absolute Gasteiger partial charge is 0.184 e. The number of rotatable bonds is 4. The van der Waals surface area contributed by atoms with Gasteiger partial charge in [0.05, 0.1) is 18.2 Å². The number of methoxy groups -OCH3 is 1. The second kappa shape index (κ2) is 6.38. The number of carbonyl (C=O) groups is 1. The van der Waals surface area contributed by atoms with E-state index in [1.807, 2.05) is 6.07 Å². The number of ether oxygens (including phenoxy) is 1. The van der Waals surface area contributed by atoms with Gasteiger partial charge in [-0.1, -0.05) is 35.9 Å². The Bertz CT molecular complexity index is 724. The van der Waals surface area contributed by atoms with Crippen LogP contribution in [0.25, 0.3) is 0 Å². The Morgan fingerprint density at radius 3 is 2.71 bits per heavy atom. The number of halogens is 2. The Morgan fingerprint density at radius 1 is 1.33 bits per heavy atom. The van der Waals surface area contributed by atoms with E-state index >= 15 is 0 Å². The first kappa shape index (κ1) is 15.0. The van der Waals surface area contributed by atoms with E-state index in [2.05, 4.69) is 0 Å². The van der Waals surface area contributed by atoms with Crippen LogP contribution >= 0.6 is 11.6 Å².